The molecule has 1 atom stereocenters. The summed E-state index contributed by atoms with van der Waals surface area (Å²) in [5.74, 6) is -1.07. The summed E-state index contributed by atoms with van der Waals surface area (Å²) in [6, 6.07) is 4.54. The topological polar surface area (TPSA) is 59.0 Å². The van der Waals surface area contributed by atoms with Gasteiger partial charge < -0.3 is 14.6 Å². The SMILES string of the molecule is COc1cccc(F)c1C(C)(CC(=O)O)N1CCOCC1. The standard InChI is InChI=1S/C15H20FNO4/c1-15(10-13(18)19,17-6-8-21-9-7-17)14-11(16)4-3-5-12(14)20-2/h3-5H,6-10H2,1-2H3,(H,18,19). The number of carboxylic acids is 1. The number of hydrogen-bond acceptors (Lipinski definition) is 4. The van der Waals surface area contributed by atoms with Gasteiger partial charge in [-0.3, -0.25) is 9.69 Å². The van der Waals surface area contributed by atoms with Gasteiger partial charge in [-0.05, 0) is 19.1 Å². The van der Waals surface area contributed by atoms with Crippen molar-refractivity contribution >= 4 is 5.97 Å². The summed E-state index contributed by atoms with van der Waals surface area (Å²) in [5, 5.41) is 9.27. The molecule has 0 radical (unpaired) electrons. The Hall–Kier alpha value is -1.66. The van der Waals surface area contributed by atoms with E-state index in [1.807, 2.05) is 4.90 Å². The van der Waals surface area contributed by atoms with Crippen molar-refractivity contribution in [2.75, 3.05) is 33.4 Å². The number of carboxylic acid groups (broad SMARTS) is 1. The smallest absolute Gasteiger partial charge is 0.305 e. The first-order valence-corrected chi connectivity index (χ1v) is 6.86. The van der Waals surface area contributed by atoms with E-state index in [4.69, 9.17) is 9.47 Å². The van der Waals surface area contributed by atoms with E-state index >= 15 is 0 Å². The molecule has 2 rings (SSSR count). The minimum absolute atomic E-state index is 0.204. The maximum Gasteiger partial charge on any atom is 0.305 e. The van der Waals surface area contributed by atoms with E-state index < -0.39 is 17.3 Å². The van der Waals surface area contributed by atoms with Crippen molar-refractivity contribution in [3.63, 3.8) is 0 Å². The van der Waals surface area contributed by atoms with Crippen LogP contribution in [0.4, 0.5) is 4.39 Å². The Labute approximate surface area is 123 Å². The lowest BCUT2D eigenvalue weighted by Gasteiger charge is -2.43. The van der Waals surface area contributed by atoms with Crippen LogP contribution in [0, 0.1) is 5.82 Å². The Morgan fingerprint density at radius 3 is 2.71 bits per heavy atom. The third-order valence-corrected chi connectivity index (χ3v) is 3.94. The minimum atomic E-state index is -0.980. The zero-order chi connectivity index (χ0) is 15.5. The molecule has 116 valence electrons. The predicted molar refractivity (Wildman–Crippen MR) is 74.9 cm³/mol. The van der Waals surface area contributed by atoms with Gasteiger partial charge >= 0.3 is 5.97 Å². The second kappa shape index (κ2) is 6.41. The molecule has 1 heterocycles. The number of hydrogen-bond donors (Lipinski definition) is 1. The number of ether oxygens (including phenoxy) is 2. The molecule has 1 aliphatic rings. The van der Waals surface area contributed by atoms with E-state index in [0.29, 0.717) is 32.1 Å². The molecule has 1 aliphatic heterocycles. The van der Waals surface area contributed by atoms with Crippen LogP contribution in [0.25, 0.3) is 0 Å². The highest BCUT2D eigenvalue weighted by Gasteiger charge is 2.41. The Morgan fingerprint density at radius 1 is 1.48 bits per heavy atom. The Morgan fingerprint density at radius 2 is 2.14 bits per heavy atom. The van der Waals surface area contributed by atoms with Crippen molar-refractivity contribution in [1.82, 2.24) is 4.90 Å². The highest BCUT2D eigenvalue weighted by atomic mass is 19.1. The Kier molecular flexibility index (Phi) is 4.80. The highest BCUT2D eigenvalue weighted by molar-refractivity contribution is 5.69. The molecule has 0 saturated carbocycles. The van der Waals surface area contributed by atoms with E-state index in [9.17, 15) is 14.3 Å². The van der Waals surface area contributed by atoms with Crippen molar-refractivity contribution in [3.05, 3.63) is 29.6 Å². The number of carbonyl (C=O) groups is 1. The van der Waals surface area contributed by atoms with Gasteiger partial charge in [0.05, 0.1) is 37.8 Å². The summed E-state index contributed by atoms with van der Waals surface area (Å²) < 4.78 is 25.0. The average Bonchev–Trinajstić information content (AvgIpc) is 2.46. The molecule has 1 aromatic rings. The van der Waals surface area contributed by atoms with Gasteiger partial charge in [-0.25, -0.2) is 4.39 Å². The van der Waals surface area contributed by atoms with Crippen molar-refractivity contribution < 1.29 is 23.8 Å². The lowest BCUT2D eigenvalue weighted by Crippen LogP contribution is -2.51. The summed E-state index contributed by atoms with van der Waals surface area (Å²) in [7, 11) is 1.46. The summed E-state index contributed by atoms with van der Waals surface area (Å²) in [6.07, 6.45) is -0.204. The fourth-order valence-electron chi connectivity index (χ4n) is 2.91. The second-order valence-electron chi connectivity index (χ2n) is 5.26. The first kappa shape index (κ1) is 15.7. The van der Waals surface area contributed by atoms with Gasteiger partial charge in [-0.2, -0.15) is 0 Å². The summed E-state index contributed by atoms with van der Waals surface area (Å²) >= 11 is 0. The number of nitrogens with zero attached hydrogens (tertiary/aromatic N) is 1. The number of morpholine rings is 1. The molecule has 1 fully saturated rings. The number of aliphatic carboxylic acids is 1. The Bertz CT molecular complexity index is 516. The van der Waals surface area contributed by atoms with Crippen LogP contribution < -0.4 is 4.74 Å². The first-order valence-electron chi connectivity index (χ1n) is 6.86. The monoisotopic (exact) mass is 297 g/mol. The van der Waals surface area contributed by atoms with E-state index in [1.54, 1.807) is 19.1 Å². The van der Waals surface area contributed by atoms with Gasteiger partial charge in [0, 0.05) is 13.1 Å². The van der Waals surface area contributed by atoms with E-state index in [1.165, 1.54) is 13.2 Å². The van der Waals surface area contributed by atoms with Crippen molar-refractivity contribution in [1.29, 1.82) is 0 Å². The van der Waals surface area contributed by atoms with Crippen LogP contribution >= 0.6 is 0 Å². The first-order chi connectivity index (χ1) is 9.99. The molecule has 0 amide bonds. The number of halogens is 1. The third-order valence-electron chi connectivity index (χ3n) is 3.94. The maximum atomic E-state index is 14.4. The molecule has 5 nitrogen and oxygen atoms in total. The molecular weight excluding hydrogens is 277 g/mol. The summed E-state index contributed by atoms with van der Waals surface area (Å²) in [6.45, 7) is 3.87. The van der Waals surface area contributed by atoms with Gasteiger partial charge in [-0.1, -0.05) is 6.07 Å². The molecule has 1 aromatic carbocycles. The van der Waals surface area contributed by atoms with E-state index in [0.717, 1.165) is 0 Å². The van der Waals surface area contributed by atoms with E-state index in [2.05, 4.69) is 0 Å². The van der Waals surface area contributed by atoms with Crippen LogP contribution in [0.5, 0.6) is 5.75 Å². The van der Waals surface area contributed by atoms with Crippen LogP contribution in [0.2, 0.25) is 0 Å². The average molecular weight is 297 g/mol. The molecule has 1 N–H and O–H groups in total. The van der Waals surface area contributed by atoms with Gasteiger partial charge in [-0.15, -0.1) is 0 Å². The second-order valence-corrected chi connectivity index (χ2v) is 5.26. The summed E-state index contributed by atoms with van der Waals surface area (Å²) in [4.78, 5) is 13.3. The Balaban J connectivity index is 2.51. The normalized spacial score (nSPS) is 19.0. The third kappa shape index (κ3) is 3.16. The zero-order valence-electron chi connectivity index (χ0n) is 12.3. The van der Waals surface area contributed by atoms with Crippen LogP contribution in [-0.4, -0.2) is 49.4 Å². The lowest BCUT2D eigenvalue weighted by molar-refractivity contribution is -0.141. The fraction of sp³-hybridized carbons (Fsp3) is 0.533. The number of methoxy groups -OCH3 is 1. The van der Waals surface area contributed by atoms with Crippen molar-refractivity contribution in [3.8, 4) is 5.75 Å². The fourth-order valence-corrected chi connectivity index (χ4v) is 2.91. The molecule has 0 spiro atoms. The van der Waals surface area contributed by atoms with Gasteiger partial charge in [0.1, 0.15) is 11.6 Å². The van der Waals surface area contributed by atoms with Gasteiger partial charge in [0.15, 0.2) is 0 Å². The largest absolute Gasteiger partial charge is 0.496 e. The van der Waals surface area contributed by atoms with Crippen LogP contribution in [0.15, 0.2) is 18.2 Å². The van der Waals surface area contributed by atoms with Gasteiger partial charge in [0.2, 0.25) is 0 Å². The zero-order valence-corrected chi connectivity index (χ0v) is 12.3. The van der Waals surface area contributed by atoms with Crippen molar-refractivity contribution in [2.24, 2.45) is 0 Å². The minimum Gasteiger partial charge on any atom is -0.496 e. The van der Waals surface area contributed by atoms with Crippen LogP contribution in [-0.2, 0) is 15.1 Å². The van der Waals surface area contributed by atoms with Gasteiger partial charge in [0.25, 0.3) is 0 Å². The summed E-state index contributed by atoms with van der Waals surface area (Å²) in [5.41, 5.74) is -0.691. The highest BCUT2D eigenvalue weighted by Crippen LogP contribution is 2.39. The van der Waals surface area contributed by atoms with Crippen LogP contribution in [0.1, 0.15) is 18.9 Å². The predicted octanol–water partition coefficient (Wildman–Crippen LogP) is 1.86. The van der Waals surface area contributed by atoms with E-state index in [-0.39, 0.29) is 12.0 Å². The lowest BCUT2D eigenvalue weighted by atomic mass is 9.85. The number of rotatable bonds is 5. The van der Waals surface area contributed by atoms with Crippen LogP contribution in [0.3, 0.4) is 0 Å². The quantitative estimate of drug-likeness (QED) is 0.899. The number of benzene rings is 1. The molecular formula is C15H20FNO4. The molecule has 1 saturated heterocycles. The molecule has 0 aliphatic carbocycles. The maximum absolute atomic E-state index is 14.4. The van der Waals surface area contributed by atoms with Crippen molar-refractivity contribution in [2.45, 2.75) is 18.9 Å². The molecule has 6 heteroatoms. The molecule has 1 unspecified atom stereocenters. The molecule has 0 bridgehead atoms. The molecule has 0 aromatic heterocycles. The molecule has 21 heavy (non-hydrogen) atoms.